The Hall–Kier alpha value is -1.64. The maximum atomic E-state index is 4.54. The third-order valence-corrected chi connectivity index (χ3v) is 6.54. The van der Waals surface area contributed by atoms with Gasteiger partial charge in [0.25, 0.3) is 0 Å². The minimum absolute atomic E-state index is 0. The first-order valence-corrected chi connectivity index (χ1v) is 11.7. The fourth-order valence-corrected chi connectivity index (χ4v) is 4.81. The zero-order chi connectivity index (χ0) is 20.6. The van der Waals surface area contributed by atoms with Gasteiger partial charge in [0.15, 0.2) is 5.96 Å². The number of piperidine rings is 1. The summed E-state index contributed by atoms with van der Waals surface area (Å²) in [6.45, 7) is 4.20. The molecule has 0 atom stereocenters. The number of aliphatic imine (C=N–C) groups is 1. The SMILES string of the molecule is CN=C(NCCCc1nnc2n1CCCCC2)N1CCC(Cc2ccccc2)CC1.I. The molecule has 1 saturated heterocycles. The first-order chi connectivity index (χ1) is 14.8. The van der Waals surface area contributed by atoms with Gasteiger partial charge in [0.05, 0.1) is 0 Å². The molecule has 1 fully saturated rings. The molecule has 170 valence electrons. The fourth-order valence-electron chi connectivity index (χ4n) is 4.81. The summed E-state index contributed by atoms with van der Waals surface area (Å²) in [5, 5.41) is 12.4. The average molecular weight is 537 g/mol. The number of guanidine groups is 1. The average Bonchev–Trinajstić information content (AvgIpc) is 3.01. The highest BCUT2D eigenvalue weighted by Crippen LogP contribution is 2.21. The molecule has 0 radical (unpaired) electrons. The number of benzene rings is 1. The third-order valence-electron chi connectivity index (χ3n) is 6.54. The highest BCUT2D eigenvalue weighted by atomic mass is 127. The first-order valence-electron chi connectivity index (χ1n) is 11.7. The van der Waals surface area contributed by atoms with Gasteiger partial charge in [-0.05, 0) is 50.0 Å². The third kappa shape index (κ3) is 6.67. The summed E-state index contributed by atoms with van der Waals surface area (Å²) in [5.74, 6) is 4.17. The predicted octanol–water partition coefficient (Wildman–Crippen LogP) is 4.09. The highest BCUT2D eigenvalue weighted by molar-refractivity contribution is 14.0. The van der Waals surface area contributed by atoms with Crippen LogP contribution >= 0.6 is 24.0 Å². The standard InChI is InChI=1S/C24H36N6.HI/c1-25-24(29-17-13-21(14-18-29)19-20-9-4-2-5-10-20)26-15-8-12-23-28-27-22-11-6-3-7-16-30(22)23;/h2,4-5,9-10,21H,3,6-8,11-19H2,1H3,(H,25,26);1H. The van der Waals surface area contributed by atoms with E-state index in [-0.39, 0.29) is 24.0 Å². The number of likely N-dealkylation sites (tertiary alicyclic amines) is 1. The zero-order valence-electron chi connectivity index (χ0n) is 18.8. The van der Waals surface area contributed by atoms with E-state index in [1.807, 2.05) is 7.05 Å². The van der Waals surface area contributed by atoms with Crippen LogP contribution in [0.5, 0.6) is 0 Å². The Morgan fingerprint density at radius 1 is 1.06 bits per heavy atom. The van der Waals surface area contributed by atoms with E-state index in [9.17, 15) is 0 Å². The molecule has 1 aromatic heterocycles. The molecule has 2 aliphatic rings. The number of aryl methyl sites for hydroxylation is 2. The van der Waals surface area contributed by atoms with E-state index >= 15 is 0 Å². The van der Waals surface area contributed by atoms with E-state index in [1.54, 1.807) is 0 Å². The Morgan fingerprint density at radius 3 is 2.65 bits per heavy atom. The van der Waals surface area contributed by atoms with Gasteiger partial charge in [-0.1, -0.05) is 36.8 Å². The first kappa shape index (κ1) is 24.0. The van der Waals surface area contributed by atoms with Crippen molar-refractivity contribution in [1.29, 1.82) is 0 Å². The smallest absolute Gasteiger partial charge is 0.193 e. The van der Waals surface area contributed by atoms with Crippen molar-refractivity contribution in [3.8, 4) is 0 Å². The summed E-state index contributed by atoms with van der Waals surface area (Å²) in [5.41, 5.74) is 1.46. The van der Waals surface area contributed by atoms with Crippen molar-refractivity contribution >= 4 is 29.9 Å². The Kier molecular flexibility index (Phi) is 9.61. The van der Waals surface area contributed by atoms with Gasteiger partial charge < -0.3 is 14.8 Å². The number of rotatable bonds is 6. The summed E-state index contributed by atoms with van der Waals surface area (Å²) in [6, 6.07) is 10.9. The molecule has 1 N–H and O–H groups in total. The van der Waals surface area contributed by atoms with Gasteiger partial charge >= 0.3 is 0 Å². The lowest BCUT2D eigenvalue weighted by Gasteiger charge is -2.34. The van der Waals surface area contributed by atoms with Crippen LogP contribution in [0.25, 0.3) is 0 Å². The van der Waals surface area contributed by atoms with Crippen LogP contribution in [0.1, 0.15) is 55.7 Å². The number of fused-ring (bicyclic) bond motifs is 1. The van der Waals surface area contributed by atoms with Gasteiger partial charge in [0, 0.05) is 46.1 Å². The van der Waals surface area contributed by atoms with Crippen LogP contribution in [0.15, 0.2) is 35.3 Å². The lowest BCUT2D eigenvalue weighted by Crippen LogP contribution is -2.46. The van der Waals surface area contributed by atoms with Crippen molar-refractivity contribution in [2.24, 2.45) is 10.9 Å². The molecule has 31 heavy (non-hydrogen) atoms. The van der Waals surface area contributed by atoms with E-state index < -0.39 is 0 Å². The summed E-state index contributed by atoms with van der Waals surface area (Å²) >= 11 is 0. The molecule has 3 heterocycles. The molecule has 0 unspecified atom stereocenters. The second kappa shape index (κ2) is 12.4. The molecule has 2 aliphatic heterocycles. The quantitative estimate of drug-likeness (QED) is 0.262. The topological polar surface area (TPSA) is 58.3 Å². The number of halogens is 1. The lowest BCUT2D eigenvalue weighted by molar-refractivity contribution is 0.259. The summed E-state index contributed by atoms with van der Waals surface area (Å²) in [6.07, 6.45) is 10.6. The minimum atomic E-state index is 0. The van der Waals surface area contributed by atoms with Gasteiger partial charge in [-0.3, -0.25) is 4.99 Å². The number of aromatic nitrogens is 3. The van der Waals surface area contributed by atoms with Gasteiger partial charge in [-0.2, -0.15) is 0 Å². The van der Waals surface area contributed by atoms with Crippen LogP contribution < -0.4 is 5.32 Å². The van der Waals surface area contributed by atoms with Crippen molar-refractivity contribution in [3.05, 3.63) is 47.5 Å². The van der Waals surface area contributed by atoms with Crippen LogP contribution in [0, 0.1) is 5.92 Å². The second-order valence-electron chi connectivity index (χ2n) is 8.69. The Morgan fingerprint density at radius 2 is 1.87 bits per heavy atom. The van der Waals surface area contributed by atoms with Gasteiger partial charge in [-0.25, -0.2) is 0 Å². The predicted molar refractivity (Wildman–Crippen MR) is 137 cm³/mol. The molecule has 0 amide bonds. The number of nitrogens with zero attached hydrogens (tertiary/aromatic N) is 5. The normalized spacial score (nSPS) is 17.6. The monoisotopic (exact) mass is 536 g/mol. The second-order valence-corrected chi connectivity index (χ2v) is 8.69. The lowest BCUT2D eigenvalue weighted by atomic mass is 9.90. The maximum absolute atomic E-state index is 4.54. The Bertz CT molecular complexity index is 811. The molecule has 4 rings (SSSR count). The molecule has 6 nitrogen and oxygen atoms in total. The van der Waals surface area contributed by atoms with Crippen molar-refractivity contribution < 1.29 is 0 Å². The summed E-state index contributed by atoms with van der Waals surface area (Å²) in [7, 11) is 1.90. The highest BCUT2D eigenvalue weighted by Gasteiger charge is 2.21. The van der Waals surface area contributed by atoms with E-state index in [1.165, 1.54) is 49.9 Å². The van der Waals surface area contributed by atoms with E-state index in [0.717, 1.165) is 63.1 Å². The van der Waals surface area contributed by atoms with Crippen LogP contribution in [0.3, 0.4) is 0 Å². The number of nitrogens with one attached hydrogen (secondary N) is 1. The molecule has 2 aromatic rings. The Balaban J connectivity index is 0.00000272. The molecular weight excluding hydrogens is 499 g/mol. The van der Waals surface area contributed by atoms with Crippen LogP contribution in [-0.2, 0) is 25.8 Å². The molecule has 7 heteroatoms. The Labute approximate surface area is 203 Å². The largest absolute Gasteiger partial charge is 0.356 e. The van der Waals surface area contributed by atoms with E-state index in [2.05, 4.69) is 60.3 Å². The van der Waals surface area contributed by atoms with Crippen LogP contribution in [-0.4, -0.2) is 52.3 Å². The zero-order valence-corrected chi connectivity index (χ0v) is 21.1. The summed E-state index contributed by atoms with van der Waals surface area (Å²) in [4.78, 5) is 6.96. The molecular formula is C24H37IN6. The van der Waals surface area contributed by atoms with Crippen molar-refractivity contribution in [3.63, 3.8) is 0 Å². The van der Waals surface area contributed by atoms with Crippen LogP contribution in [0.4, 0.5) is 0 Å². The van der Waals surface area contributed by atoms with Crippen molar-refractivity contribution in [1.82, 2.24) is 25.0 Å². The molecule has 0 saturated carbocycles. The van der Waals surface area contributed by atoms with Gasteiger partial charge in [0.1, 0.15) is 11.6 Å². The van der Waals surface area contributed by atoms with Crippen molar-refractivity contribution in [2.45, 2.75) is 64.3 Å². The fraction of sp³-hybridized carbons (Fsp3) is 0.625. The summed E-state index contributed by atoms with van der Waals surface area (Å²) < 4.78 is 2.36. The van der Waals surface area contributed by atoms with Gasteiger partial charge in [0.2, 0.25) is 0 Å². The number of hydrogen-bond acceptors (Lipinski definition) is 3. The van der Waals surface area contributed by atoms with Gasteiger partial charge in [-0.15, -0.1) is 34.2 Å². The minimum Gasteiger partial charge on any atom is -0.356 e. The maximum Gasteiger partial charge on any atom is 0.193 e. The van der Waals surface area contributed by atoms with Crippen LogP contribution in [0.2, 0.25) is 0 Å². The number of hydrogen-bond donors (Lipinski definition) is 1. The molecule has 0 aliphatic carbocycles. The van der Waals surface area contributed by atoms with E-state index in [0.29, 0.717) is 0 Å². The van der Waals surface area contributed by atoms with E-state index in [4.69, 9.17) is 0 Å². The molecule has 1 aromatic carbocycles. The molecule has 0 spiro atoms. The molecule has 0 bridgehead atoms. The van der Waals surface area contributed by atoms with Crippen molar-refractivity contribution in [2.75, 3.05) is 26.7 Å².